The summed E-state index contributed by atoms with van der Waals surface area (Å²) < 4.78 is 41.2. The van der Waals surface area contributed by atoms with E-state index in [-0.39, 0.29) is 37.2 Å². The lowest BCUT2D eigenvalue weighted by Gasteiger charge is -2.24. The van der Waals surface area contributed by atoms with Gasteiger partial charge in [-0.25, -0.2) is 13.8 Å². The highest BCUT2D eigenvalue weighted by Crippen LogP contribution is 2.35. The zero-order valence-electron chi connectivity index (χ0n) is 16.6. The van der Waals surface area contributed by atoms with Crippen LogP contribution in [0.5, 0.6) is 6.01 Å². The first-order valence-corrected chi connectivity index (χ1v) is 9.84. The molecule has 4 heterocycles. The van der Waals surface area contributed by atoms with Crippen molar-refractivity contribution in [3.05, 3.63) is 6.33 Å². The van der Waals surface area contributed by atoms with Crippen molar-refractivity contribution in [1.82, 2.24) is 19.5 Å². The predicted octanol–water partition coefficient (Wildman–Crippen LogP) is 3.80. The van der Waals surface area contributed by atoms with E-state index in [9.17, 15) is 8.78 Å². The third-order valence-electron chi connectivity index (χ3n) is 4.95. The SMILES string of the molecule is CC(C)(C)COc1nc(N2CCC(F)(F)C2)c2ncn(C3CCCCO3)c2n1. The monoisotopic (exact) mass is 395 g/mol. The standard InChI is InChI=1S/C19H27F2N5O2/c1-18(2,3)11-28-17-23-15(25-8-7-19(20,21)10-25)14-16(24-17)26(12-22-14)13-6-4-5-9-27-13/h12-13H,4-11H2,1-3H3. The molecule has 1 unspecified atom stereocenters. The fourth-order valence-corrected chi connectivity index (χ4v) is 3.52. The summed E-state index contributed by atoms with van der Waals surface area (Å²) >= 11 is 0. The normalized spacial score (nSPS) is 22.8. The van der Waals surface area contributed by atoms with Crippen molar-refractivity contribution in [2.45, 2.75) is 58.6 Å². The van der Waals surface area contributed by atoms with Gasteiger partial charge in [-0.2, -0.15) is 9.97 Å². The van der Waals surface area contributed by atoms with Crippen LogP contribution < -0.4 is 9.64 Å². The van der Waals surface area contributed by atoms with Crippen LogP contribution in [0.15, 0.2) is 6.33 Å². The number of halogens is 2. The topological polar surface area (TPSA) is 65.3 Å². The van der Waals surface area contributed by atoms with Gasteiger partial charge in [0.25, 0.3) is 5.92 Å². The Balaban J connectivity index is 1.74. The van der Waals surface area contributed by atoms with Gasteiger partial charge in [0.15, 0.2) is 17.0 Å². The highest BCUT2D eigenvalue weighted by Gasteiger charge is 2.40. The number of aromatic nitrogens is 4. The van der Waals surface area contributed by atoms with Gasteiger partial charge in [0.2, 0.25) is 0 Å². The van der Waals surface area contributed by atoms with Crippen molar-refractivity contribution in [2.24, 2.45) is 5.41 Å². The largest absolute Gasteiger partial charge is 0.463 e. The lowest BCUT2D eigenvalue weighted by Crippen LogP contribution is -2.26. The van der Waals surface area contributed by atoms with E-state index in [2.05, 4.69) is 15.0 Å². The van der Waals surface area contributed by atoms with E-state index in [1.165, 1.54) is 0 Å². The Morgan fingerprint density at radius 3 is 2.75 bits per heavy atom. The Morgan fingerprint density at radius 1 is 1.29 bits per heavy atom. The Kier molecular flexibility index (Phi) is 4.89. The van der Waals surface area contributed by atoms with Crippen molar-refractivity contribution in [2.75, 3.05) is 31.2 Å². The molecule has 0 radical (unpaired) electrons. The molecule has 9 heteroatoms. The fraction of sp³-hybridized carbons (Fsp3) is 0.737. The number of imidazole rings is 1. The molecule has 0 amide bonds. The Morgan fingerprint density at radius 2 is 2.11 bits per heavy atom. The maximum atomic E-state index is 13.8. The summed E-state index contributed by atoms with van der Waals surface area (Å²) in [6.45, 7) is 7.11. The van der Waals surface area contributed by atoms with E-state index in [0.717, 1.165) is 19.3 Å². The molecule has 2 saturated heterocycles. The molecule has 2 aliphatic heterocycles. The summed E-state index contributed by atoms with van der Waals surface area (Å²) in [5, 5.41) is 0. The Bertz CT molecular complexity index is 843. The molecule has 2 aromatic rings. The minimum Gasteiger partial charge on any atom is -0.463 e. The Labute approximate surface area is 163 Å². The van der Waals surface area contributed by atoms with Crippen LogP contribution in [0.4, 0.5) is 14.6 Å². The van der Waals surface area contributed by atoms with Crippen molar-refractivity contribution < 1.29 is 18.3 Å². The number of rotatable bonds is 4. The third kappa shape index (κ3) is 4.04. The molecule has 0 spiro atoms. The third-order valence-corrected chi connectivity index (χ3v) is 4.95. The van der Waals surface area contributed by atoms with Crippen molar-refractivity contribution in [3.63, 3.8) is 0 Å². The summed E-state index contributed by atoms with van der Waals surface area (Å²) in [6.07, 6.45) is 4.28. The molecule has 7 nitrogen and oxygen atoms in total. The van der Waals surface area contributed by atoms with Crippen LogP contribution in [0.3, 0.4) is 0 Å². The molecule has 2 aliphatic rings. The van der Waals surface area contributed by atoms with Gasteiger partial charge in [0.1, 0.15) is 6.23 Å². The summed E-state index contributed by atoms with van der Waals surface area (Å²) in [7, 11) is 0. The number of alkyl halides is 2. The van der Waals surface area contributed by atoms with E-state index in [0.29, 0.717) is 30.2 Å². The number of anilines is 1. The van der Waals surface area contributed by atoms with E-state index in [1.807, 2.05) is 25.3 Å². The number of hydrogen-bond acceptors (Lipinski definition) is 6. The van der Waals surface area contributed by atoms with Gasteiger partial charge in [-0.1, -0.05) is 20.8 Å². The molecular weight excluding hydrogens is 368 g/mol. The van der Waals surface area contributed by atoms with Gasteiger partial charge >= 0.3 is 6.01 Å². The average Bonchev–Trinajstić information content (AvgIpc) is 3.22. The van der Waals surface area contributed by atoms with Gasteiger partial charge in [0.05, 0.1) is 19.5 Å². The van der Waals surface area contributed by atoms with E-state index in [4.69, 9.17) is 9.47 Å². The van der Waals surface area contributed by atoms with Crippen LogP contribution in [0.2, 0.25) is 0 Å². The molecule has 0 N–H and O–H groups in total. The molecule has 0 aliphatic carbocycles. The zero-order chi connectivity index (χ0) is 19.9. The molecular formula is C19H27F2N5O2. The molecule has 4 rings (SSSR count). The smallest absolute Gasteiger partial charge is 0.320 e. The van der Waals surface area contributed by atoms with Crippen LogP contribution in [0, 0.1) is 5.41 Å². The van der Waals surface area contributed by atoms with E-state index >= 15 is 0 Å². The quantitative estimate of drug-likeness (QED) is 0.785. The number of ether oxygens (including phenoxy) is 2. The van der Waals surface area contributed by atoms with Crippen LogP contribution in [0.1, 0.15) is 52.7 Å². The molecule has 2 aromatic heterocycles. The van der Waals surface area contributed by atoms with Gasteiger partial charge in [-0.3, -0.25) is 4.57 Å². The zero-order valence-corrected chi connectivity index (χ0v) is 16.6. The van der Waals surface area contributed by atoms with Crippen LogP contribution in [-0.2, 0) is 4.74 Å². The average molecular weight is 395 g/mol. The van der Waals surface area contributed by atoms with E-state index < -0.39 is 5.92 Å². The summed E-state index contributed by atoms with van der Waals surface area (Å²) in [5.74, 6) is -2.32. The second kappa shape index (κ2) is 7.09. The fourth-order valence-electron chi connectivity index (χ4n) is 3.52. The second-order valence-corrected chi connectivity index (χ2v) is 8.85. The lowest BCUT2D eigenvalue weighted by atomic mass is 9.99. The lowest BCUT2D eigenvalue weighted by molar-refractivity contribution is -0.0298. The number of fused-ring (bicyclic) bond motifs is 1. The molecule has 0 saturated carbocycles. The minimum absolute atomic E-state index is 0.0775. The van der Waals surface area contributed by atoms with Crippen molar-refractivity contribution >= 4 is 17.0 Å². The van der Waals surface area contributed by atoms with Crippen molar-refractivity contribution in [1.29, 1.82) is 0 Å². The van der Waals surface area contributed by atoms with Gasteiger partial charge in [0, 0.05) is 19.6 Å². The van der Waals surface area contributed by atoms with Gasteiger partial charge < -0.3 is 14.4 Å². The summed E-state index contributed by atoms with van der Waals surface area (Å²) in [5.41, 5.74) is 0.998. The minimum atomic E-state index is -2.72. The molecule has 2 fully saturated rings. The molecule has 0 bridgehead atoms. The van der Waals surface area contributed by atoms with Crippen LogP contribution in [0.25, 0.3) is 11.2 Å². The Hall–Kier alpha value is -2.03. The maximum absolute atomic E-state index is 13.8. The molecule has 28 heavy (non-hydrogen) atoms. The first kappa shape index (κ1) is 19.3. The first-order valence-electron chi connectivity index (χ1n) is 9.84. The summed E-state index contributed by atoms with van der Waals surface area (Å²) in [4.78, 5) is 15.0. The van der Waals surface area contributed by atoms with E-state index in [1.54, 1.807) is 11.2 Å². The highest BCUT2D eigenvalue weighted by atomic mass is 19.3. The van der Waals surface area contributed by atoms with Crippen molar-refractivity contribution in [3.8, 4) is 6.01 Å². The molecule has 1 atom stereocenters. The predicted molar refractivity (Wildman–Crippen MR) is 101 cm³/mol. The first-order chi connectivity index (χ1) is 13.2. The van der Waals surface area contributed by atoms with Gasteiger partial charge in [-0.15, -0.1) is 0 Å². The van der Waals surface area contributed by atoms with Gasteiger partial charge in [-0.05, 0) is 24.7 Å². The number of nitrogens with zero attached hydrogens (tertiary/aromatic N) is 5. The van der Waals surface area contributed by atoms with Crippen LogP contribution in [-0.4, -0.2) is 51.7 Å². The summed E-state index contributed by atoms with van der Waals surface area (Å²) in [6, 6.07) is 0.185. The number of hydrogen-bond donors (Lipinski definition) is 0. The highest BCUT2D eigenvalue weighted by molar-refractivity contribution is 5.84. The maximum Gasteiger partial charge on any atom is 0.320 e. The van der Waals surface area contributed by atoms with Crippen LogP contribution >= 0.6 is 0 Å². The molecule has 0 aromatic carbocycles. The second-order valence-electron chi connectivity index (χ2n) is 8.85. The molecule has 154 valence electrons.